The maximum Gasteiger partial charge on any atom is 0.414 e. The maximum atomic E-state index is 12.3. The van der Waals surface area contributed by atoms with Gasteiger partial charge in [-0.2, -0.15) is 0 Å². The zero-order valence-corrected chi connectivity index (χ0v) is 13.5. The van der Waals surface area contributed by atoms with Crippen molar-refractivity contribution in [3.63, 3.8) is 0 Å². The summed E-state index contributed by atoms with van der Waals surface area (Å²) in [6, 6.07) is 5.50. The van der Waals surface area contributed by atoms with Crippen LogP contribution in [0.5, 0.6) is 0 Å². The first-order valence-corrected chi connectivity index (χ1v) is 7.55. The highest BCUT2D eigenvalue weighted by atomic mass is 16.6. The van der Waals surface area contributed by atoms with Crippen LogP contribution in [0.4, 0.5) is 10.5 Å². The molecule has 1 aliphatic rings. The second-order valence-corrected chi connectivity index (χ2v) is 6.68. The van der Waals surface area contributed by atoms with Crippen LogP contribution < -0.4 is 4.90 Å². The molecule has 1 aromatic carbocycles. The molecule has 22 heavy (non-hydrogen) atoms. The van der Waals surface area contributed by atoms with Gasteiger partial charge in [-0.25, -0.2) is 4.79 Å². The second kappa shape index (κ2) is 5.99. The van der Waals surface area contributed by atoms with E-state index in [0.29, 0.717) is 6.54 Å². The molecule has 1 heterocycles. The molecular formula is C17H23NO4. The molecule has 0 radical (unpaired) electrons. The predicted octanol–water partition coefficient (Wildman–Crippen LogP) is 3.56. The molecule has 0 unspecified atom stereocenters. The molecule has 0 aromatic heterocycles. The SMILES string of the molecule is C[C@@H](C(=O)O)c1ccc2c(c1)CCCN2C(=O)OC(C)(C)C. The Morgan fingerprint density at radius 2 is 2.00 bits per heavy atom. The van der Waals surface area contributed by atoms with E-state index in [4.69, 9.17) is 9.84 Å². The highest BCUT2D eigenvalue weighted by Gasteiger charge is 2.28. The number of amides is 1. The third-order valence-corrected chi connectivity index (χ3v) is 3.71. The maximum absolute atomic E-state index is 12.3. The number of carboxylic acids is 1. The molecule has 1 aromatic rings. The van der Waals surface area contributed by atoms with Crippen molar-refractivity contribution in [2.75, 3.05) is 11.4 Å². The first-order chi connectivity index (χ1) is 10.2. The quantitative estimate of drug-likeness (QED) is 0.907. The van der Waals surface area contributed by atoms with Crippen molar-refractivity contribution >= 4 is 17.7 Å². The number of carboxylic acid groups (broad SMARTS) is 1. The zero-order chi connectivity index (χ0) is 16.5. The summed E-state index contributed by atoms with van der Waals surface area (Å²) in [4.78, 5) is 25.1. The summed E-state index contributed by atoms with van der Waals surface area (Å²) in [6.45, 7) is 7.81. The van der Waals surface area contributed by atoms with E-state index in [9.17, 15) is 9.59 Å². The summed E-state index contributed by atoms with van der Waals surface area (Å²) in [5.74, 6) is -1.40. The first kappa shape index (κ1) is 16.3. The number of hydrogen-bond donors (Lipinski definition) is 1. The van der Waals surface area contributed by atoms with Crippen molar-refractivity contribution in [1.82, 2.24) is 0 Å². The Balaban J connectivity index is 2.28. The van der Waals surface area contributed by atoms with Crippen LogP contribution in [0.1, 0.15) is 51.2 Å². The van der Waals surface area contributed by atoms with Gasteiger partial charge in [0, 0.05) is 6.54 Å². The third-order valence-electron chi connectivity index (χ3n) is 3.71. The van der Waals surface area contributed by atoms with Gasteiger partial charge in [-0.15, -0.1) is 0 Å². The predicted molar refractivity (Wildman–Crippen MR) is 84.4 cm³/mol. The lowest BCUT2D eigenvalue weighted by Gasteiger charge is -2.32. The van der Waals surface area contributed by atoms with Gasteiger partial charge in [-0.05, 0) is 57.7 Å². The van der Waals surface area contributed by atoms with Crippen molar-refractivity contribution in [1.29, 1.82) is 0 Å². The number of aryl methyl sites for hydroxylation is 1. The molecule has 0 aliphatic carbocycles. The molecule has 0 bridgehead atoms. The summed E-state index contributed by atoms with van der Waals surface area (Å²) >= 11 is 0. The molecule has 1 aliphatic heterocycles. The molecule has 0 saturated heterocycles. The molecule has 5 nitrogen and oxygen atoms in total. The van der Waals surface area contributed by atoms with Crippen LogP contribution in [0.3, 0.4) is 0 Å². The summed E-state index contributed by atoms with van der Waals surface area (Å²) in [6.07, 6.45) is 1.33. The van der Waals surface area contributed by atoms with E-state index in [1.807, 2.05) is 32.9 Å². The second-order valence-electron chi connectivity index (χ2n) is 6.68. The third kappa shape index (κ3) is 3.59. The Morgan fingerprint density at radius 3 is 2.59 bits per heavy atom. The fourth-order valence-electron chi connectivity index (χ4n) is 2.54. The number of fused-ring (bicyclic) bond motifs is 1. The average Bonchev–Trinajstić information content (AvgIpc) is 2.43. The lowest BCUT2D eigenvalue weighted by Crippen LogP contribution is -2.39. The van der Waals surface area contributed by atoms with Crippen molar-refractivity contribution < 1.29 is 19.4 Å². The average molecular weight is 305 g/mol. The molecule has 2 rings (SSSR count). The standard InChI is InChI=1S/C17H23NO4/c1-11(15(19)20)12-7-8-14-13(10-12)6-5-9-18(14)16(21)22-17(2,3)4/h7-8,10-11H,5-6,9H2,1-4H3,(H,19,20)/t11-/m1/s1. The normalized spacial score (nSPS) is 15.9. The minimum absolute atomic E-state index is 0.354. The molecule has 5 heteroatoms. The van der Waals surface area contributed by atoms with Crippen molar-refractivity contribution in [3.8, 4) is 0 Å². The molecule has 1 amide bonds. The topological polar surface area (TPSA) is 66.8 Å². The Hall–Kier alpha value is -2.04. The lowest BCUT2D eigenvalue weighted by atomic mass is 9.94. The summed E-state index contributed by atoms with van der Waals surface area (Å²) in [7, 11) is 0. The Kier molecular flexibility index (Phi) is 4.44. The van der Waals surface area contributed by atoms with Crippen molar-refractivity contribution in [2.45, 2.75) is 52.1 Å². The van der Waals surface area contributed by atoms with E-state index >= 15 is 0 Å². The van der Waals surface area contributed by atoms with E-state index in [1.54, 1.807) is 17.9 Å². The van der Waals surface area contributed by atoms with Crippen molar-refractivity contribution in [2.24, 2.45) is 0 Å². The van der Waals surface area contributed by atoms with Crippen LogP contribution in [0.2, 0.25) is 0 Å². The van der Waals surface area contributed by atoms with E-state index < -0.39 is 17.5 Å². The minimum Gasteiger partial charge on any atom is -0.481 e. The Labute approximate surface area is 130 Å². The molecule has 120 valence electrons. The van der Waals surface area contributed by atoms with E-state index in [0.717, 1.165) is 29.7 Å². The zero-order valence-electron chi connectivity index (χ0n) is 13.5. The van der Waals surface area contributed by atoms with Gasteiger partial charge in [0.05, 0.1) is 11.6 Å². The molecule has 1 atom stereocenters. The van der Waals surface area contributed by atoms with Gasteiger partial charge in [0.15, 0.2) is 0 Å². The largest absolute Gasteiger partial charge is 0.481 e. The van der Waals surface area contributed by atoms with Crippen LogP contribution in [-0.4, -0.2) is 29.3 Å². The first-order valence-electron chi connectivity index (χ1n) is 7.55. The van der Waals surface area contributed by atoms with Crippen molar-refractivity contribution in [3.05, 3.63) is 29.3 Å². The number of rotatable bonds is 2. The summed E-state index contributed by atoms with van der Waals surface area (Å²) in [5.41, 5.74) is 2.05. The van der Waals surface area contributed by atoms with Crippen LogP contribution >= 0.6 is 0 Å². The molecule has 0 spiro atoms. The molecule has 1 N–H and O–H groups in total. The van der Waals surface area contributed by atoms with Gasteiger partial charge >= 0.3 is 12.1 Å². The molecule has 0 saturated carbocycles. The summed E-state index contributed by atoms with van der Waals surface area (Å²) in [5, 5.41) is 9.12. The highest BCUT2D eigenvalue weighted by molar-refractivity contribution is 5.89. The number of nitrogens with zero attached hydrogens (tertiary/aromatic N) is 1. The van der Waals surface area contributed by atoms with Crippen LogP contribution in [0.15, 0.2) is 18.2 Å². The number of carbonyl (C=O) groups is 2. The van der Waals surface area contributed by atoms with Crippen LogP contribution in [0.25, 0.3) is 0 Å². The molecular weight excluding hydrogens is 282 g/mol. The van der Waals surface area contributed by atoms with E-state index in [2.05, 4.69) is 0 Å². The number of hydrogen-bond acceptors (Lipinski definition) is 3. The van der Waals surface area contributed by atoms with Gasteiger partial charge in [0.2, 0.25) is 0 Å². The van der Waals surface area contributed by atoms with E-state index in [-0.39, 0.29) is 6.09 Å². The van der Waals surface area contributed by atoms with Gasteiger partial charge in [-0.3, -0.25) is 9.69 Å². The smallest absolute Gasteiger partial charge is 0.414 e. The monoisotopic (exact) mass is 305 g/mol. The molecule has 0 fully saturated rings. The fraction of sp³-hybridized carbons (Fsp3) is 0.529. The van der Waals surface area contributed by atoms with Gasteiger partial charge in [0.1, 0.15) is 5.60 Å². The van der Waals surface area contributed by atoms with Gasteiger partial charge < -0.3 is 9.84 Å². The number of anilines is 1. The highest BCUT2D eigenvalue weighted by Crippen LogP contribution is 2.31. The Morgan fingerprint density at radius 1 is 1.32 bits per heavy atom. The lowest BCUT2D eigenvalue weighted by molar-refractivity contribution is -0.138. The van der Waals surface area contributed by atoms with E-state index in [1.165, 1.54) is 0 Å². The minimum atomic E-state index is -0.847. The van der Waals surface area contributed by atoms with Gasteiger partial charge in [0.25, 0.3) is 0 Å². The van der Waals surface area contributed by atoms with Crippen LogP contribution in [0, 0.1) is 0 Å². The summed E-state index contributed by atoms with van der Waals surface area (Å²) < 4.78 is 5.44. The number of ether oxygens (including phenoxy) is 1. The fourth-order valence-corrected chi connectivity index (χ4v) is 2.54. The van der Waals surface area contributed by atoms with Gasteiger partial charge in [-0.1, -0.05) is 12.1 Å². The number of aliphatic carboxylic acids is 1. The Bertz CT molecular complexity index is 589. The number of carbonyl (C=O) groups excluding carboxylic acids is 1. The number of benzene rings is 1. The van der Waals surface area contributed by atoms with Crippen LogP contribution in [-0.2, 0) is 16.0 Å².